The third kappa shape index (κ3) is 4.05. The number of hydrogen-bond acceptors (Lipinski definition) is 4. The van der Waals surface area contributed by atoms with E-state index in [0.29, 0.717) is 12.5 Å². The molecule has 1 aromatic carbocycles. The molecule has 1 N–H and O–H groups in total. The van der Waals surface area contributed by atoms with Gasteiger partial charge >= 0.3 is 0 Å². The van der Waals surface area contributed by atoms with Crippen molar-refractivity contribution in [3.63, 3.8) is 0 Å². The Morgan fingerprint density at radius 1 is 1.15 bits per heavy atom. The summed E-state index contributed by atoms with van der Waals surface area (Å²) in [5.74, 6) is 1.39. The summed E-state index contributed by atoms with van der Waals surface area (Å²) in [6.07, 6.45) is 0. The predicted molar refractivity (Wildman–Crippen MR) is 79.0 cm³/mol. The van der Waals surface area contributed by atoms with Gasteiger partial charge in [0, 0.05) is 25.4 Å². The number of methoxy groups -OCH3 is 1. The van der Waals surface area contributed by atoms with Crippen molar-refractivity contribution in [3.05, 3.63) is 53.2 Å². The van der Waals surface area contributed by atoms with Gasteiger partial charge in [0.1, 0.15) is 5.75 Å². The van der Waals surface area contributed by atoms with Crippen molar-refractivity contribution in [1.29, 1.82) is 0 Å². The molecule has 1 heterocycles. The van der Waals surface area contributed by atoms with Crippen LogP contribution in [0, 0.1) is 6.92 Å². The molecular formula is C16H20N2O2. The van der Waals surface area contributed by atoms with Gasteiger partial charge in [-0.3, -0.25) is 0 Å². The van der Waals surface area contributed by atoms with Crippen LogP contribution in [-0.2, 0) is 17.9 Å². The van der Waals surface area contributed by atoms with Crippen LogP contribution in [0.4, 0.5) is 0 Å². The average Bonchev–Trinajstić information content (AvgIpc) is 2.39. The van der Waals surface area contributed by atoms with Crippen molar-refractivity contribution in [2.75, 3.05) is 14.2 Å². The molecule has 0 radical (unpaired) electrons. The van der Waals surface area contributed by atoms with E-state index in [-0.39, 0.29) is 0 Å². The van der Waals surface area contributed by atoms with E-state index in [0.717, 1.165) is 29.1 Å². The van der Waals surface area contributed by atoms with Crippen LogP contribution < -0.4 is 10.1 Å². The number of benzene rings is 1. The summed E-state index contributed by atoms with van der Waals surface area (Å²) in [4.78, 5) is 4.41. The molecule has 2 aromatic rings. The molecule has 4 nitrogen and oxygen atoms in total. The normalized spacial score (nSPS) is 10.6. The summed E-state index contributed by atoms with van der Waals surface area (Å²) in [5, 5.41) is 3.13. The third-order valence-corrected chi connectivity index (χ3v) is 2.80. The van der Waals surface area contributed by atoms with Gasteiger partial charge in [0.05, 0.1) is 6.61 Å². The highest BCUT2D eigenvalue weighted by atomic mass is 16.5. The summed E-state index contributed by atoms with van der Waals surface area (Å²) in [5.41, 5.74) is 3.18. The number of nitrogens with zero attached hydrogens (tertiary/aromatic N) is 1. The van der Waals surface area contributed by atoms with Crippen LogP contribution in [0.1, 0.15) is 16.8 Å². The van der Waals surface area contributed by atoms with Crippen LogP contribution in [0.5, 0.6) is 11.6 Å². The lowest BCUT2D eigenvalue weighted by Crippen LogP contribution is -2.06. The van der Waals surface area contributed by atoms with E-state index in [1.807, 2.05) is 50.4 Å². The first-order chi connectivity index (χ1) is 9.71. The highest BCUT2D eigenvalue weighted by Crippen LogP contribution is 2.22. The maximum absolute atomic E-state index is 5.84. The fourth-order valence-corrected chi connectivity index (χ4v) is 2.05. The highest BCUT2D eigenvalue weighted by Gasteiger charge is 2.03. The maximum atomic E-state index is 5.84. The van der Waals surface area contributed by atoms with E-state index in [4.69, 9.17) is 9.47 Å². The maximum Gasteiger partial charge on any atom is 0.219 e. The Hall–Kier alpha value is -1.91. The second kappa shape index (κ2) is 7.03. The van der Waals surface area contributed by atoms with Crippen molar-refractivity contribution >= 4 is 0 Å². The Morgan fingerprint density at radius 3 is 2.75 bits per heavy atom. The van der Waals surface area contributed by atoms with Gasteiger partial charge in [0.2, 0.25) is 5.88 Å². The van der Waals surface area contributed by atoms with Gasteiger partial charge in [-0.15, -0.1) is 0 Å². The van der Waals surface area contributed by atoms with Crippen LogP contribution in [0.15, 0.2) is 36.4 Å². The van der Waals surface area contributed by atoms with E-state index >= 15 is 0 Å². The minimum absolute atomic E-state index is 0.573. The van der Waals surface area contributed by atoms with Crippen molar-refractivity contribution in [2.45, 2.75) is 20.1 Å². The summed E-state index contributed by atoms with van der Waals surface area (Å²) in [7, 11) is 3.60. The molecule has 0 aliphatic carbocycles. The van der Waals surface area contributed by atoms with E-state index in [2.05, 4.69) is 10.3 Å². The molecule has 0 aliphatic rings. The Bertz CT molecular complexity index is 570. The number of aryl methyl sites for hydroxylation is 1. The Kier molecular flexibility index (Phi) is 5.09. The molecule has 2 rings (SSSR count). The van der Waals surface area contributed by atoms with Gasteiger partial charge in [-0.25, -0.2) is 4.98 Å². The van der Waals surface area contributed by atoms with Crippen molar-refractivity contribution in [1.82, 2.24) is 10.3 Å². The molecule has 0 unspecified atom stereocenters. The van der Waals surface area contributed by atoms with Crippen LogP contribution in [0.25, 0.3) is 0 Å². The highest BCUT2D eigenvalue weighted by molar-refractivity contribution is 5.33. The van der Waals surface area contributed by atoms with Gasteiger partial charge in [0.15, 0.2) is 0 Å². The van der Waals surface area contributed by atoms with E-state index in [1.54, 1.807) is 7.11 Å². The van der Waals surface area contributed by atoms with Crippen LogP contribution >= 0.6 is 0 Å². The van der Waals surface area contributed by atoms with Gasteiger partial charge in [-0.2, -0.15) is 0 Å². The van der Waals surface area contributed by atoms with Crippen LogP contribution in [0.2, 0.25) is 0 Å². The smallest absolute Gasteiger partial charge is 0.219 e. The van der Waals surface area contributed by atoms with E-state index in [1.165, 1.54) is 0 Å². The molecule has 20 heavy (non-hydrogen) atoms. The lowest BCUT2D eigenvalue weighted by molar-refractivity contribution is 0.184. The molecule has 0 saturated carbocycles. The average molecular weight is 272 g/mol. The second-order valence-corrected chi connectivity index (χ2v) is 4.67. The molecule has 0 saturated heterocycles. The molecule has 0 fully saturated rings. The first-order valence-corrected chi connectivity index (χ1v) is 6.59. The molecular weight excluding hydrogens is 252 g/mol. The zero-order valence-electron chi connectivity index (χ0n) is 12.1. The Balaban J connectivity index is 2.18. The summed E-state index contributed by atoms with van der Waals surface area (Å²) >= 11 is 0. The zero-order chi connectivity index (χ0) is 14.4. The lowest BCUT2D eigenvalue weighted by atomic mass is 10.2. The van der Waals surface area contributed by atoms with E-state index in [9.17, 15) is 0 Å². The van der Waals surface area contributed by atoms with Gasteiger partial charge < -0.3 is 14.8 Å². The minimum Gasteiger partial charge on any atom is -0.439 e. The number of aromatic nitrogens is 1. The molecule has 0 atom stereocenters. The first-order valence-electron chi connectivity index (χ1n) is 6.59. The fourth-order valence-electron chi connectivity index (χ4n) is 2.05. The van der Waals surface area contributed by atoms with Gasteiger partial charge in [-0.1, -0.05) is 12.1 Å². The number of hydrogen-bond donors (Lipinski definition) is 1. The largest absolute Gasteiger partial charge is 0.439 e. The molecule has 4 heteroatoms. The van der Waals surface area contributed by atoms with Crippen LogP contribution in [-0.4, -0.2) is 19.1 Å². The minimum atomic E-state index is 0.573. The SMILES string of the molecule is CNCc1cc(C)nc(Oc2cccc(COC)c2)c1. The second-order valence-electron chi connectivity index (χ2n) is 4.67. The number of ether oxygens (including phenoxy) is 2. The van der Waals surface area contributed by atoms with Crippen LogP contribution in [0.3, 0.4) is 0 Å². The van der Waals surface area contributed by atoms with Crippen molar-refractivity contribution in [3.8, 4) is 11.6 Å². The molecule has 0 spiro atoms. The summed E-state index contributed by atoms with van der Waals surface area (Å²) in [6, 6.07) is 11.8. The molecule has 1 aromatic heterocycles. The van der Waals surface area contributed by atoms with Gasteiger partial charge in [0.25, 0.3) is 0 Å². The number of nitrogens with one attached hydrogen (secondary N) is 1. The fraction of sp³-hybridized carbons (Fsp3) is 0.312. The summed E-state index contributed by atoms with van der Waals surface area (Å²) in [6.45, 7) is 3.33. The van der Waals surface area contributed by atoms with E-state index < -0.39 is 0 Å². The summed E-state index contributed by atoms with van der Waals surface area (Å²) < 4.78 is 11.0. The number of pyridine rings is 1. The lowest BCUT2D eigenvalue weighted by Gasteiger charge is -2.09. The van der Waals surface area contributed by atoms with Gasteiger partial charge in [-0.05, 0) is 43.3 Å². The Morgan fingerprint density at radius 2 is 2.00 bits per heavy atom. The predicted octanol–water partition coefficient (Wildman–Crippen LogP) is 3.05. The topological polar surface area (TPSA) is 43.4 Å². The first kappa shape index (κ1) is 14.5. The number of rotatable bonds is 6. The Labute approximate surface area is 119 Å². The van der Waals surface area contributed by atoms with Crippen molar-refractivity contribution in [2.24, 2.45) is 0 Å². The monoisotopic (exact) mass is 272 g/mol. The molecule has 0 aliphatic heterocycles. The molecule has 0 amide bonds. The standard InChI is InChI=1S/C16H20N2O2/c1-12-7-14(10-17-2)9-16(18-12)20-15-6-4-5-13(8-15)11-19-3/h4-9,17H,10-11H2,1-3H3. The molecule has 106 valence electrons. The van der Waals surface area contributed by atoms with Crippen molar-refractivity contribution < 1.29 is 9.47 Å². The molecule has 0 bridgehead atoms. The third-order valence-electron chi connectivity index (χ3n) is 2.80. The quantitative estimate of drug-likeness (QED) is 0.877. The zero-order valence-corrected chi connectivity index (χ0v) is 12.1.